The molecule has 0 amide bonds. The minimum absolute atomic E-state index is 0.00185. The summed E-state index contributed by atoms with van der Waals surface area (Å²) >= 11 is 0. The van der Waals surface area contributed by atoms with E-state index in [0.29, 0.717) is 6.42 Å². The molecule has 31 heavy (non-hydrogen) atoms. The minimum Gasteiger partial charge on any atom is -0.393 e. The number of ketones is 2. The molecule has 2 saturated carbocycles. The van der Waals surface area contributed by atoms with Gasteiger partial charge >= 0.3 is 0 Å². The van der Waals surface area contributed by atoms with Crippen LogP contribution < -0.4 is 0 Å². The number of aliphatic hydroxyl groups is 1. The summed E-state index contributed by atoms with van der Waals surface area (Å²) in [5.74, 6) is 0.281. The lowest BCUT2D eigenvalue weighted by Gasteiger charge is -2.53. The highest BCUT2D eigenvalue weighted by Gasteiger charge is 2.72. The highest BCUT2D eigenvalue weighted by molar-refractivity contribution is 6.01. The average molecular weight is 431 g/mol. The number of fused-ring (bicyclic) bond motifs is 3. The Labute approximate surface area is 186 Å². The van der Waals surface area contributed by atoms with Crippen LogP contribution in [-0.2, 0) is 19.1 Å². The Morgan fingerprint density at radius 3 is 2.61 bits per heavy atom. The lowest BCUT2D eigenvalue weighted by Crippen LogP contribution is -2.59. The first-order valence-corrected chi connectivity index (χ1v) is 12.1. The lowest BCUT2D eigenvalue weighted by atomic mass is 9.53. The van der Waals surface area contributed by atoms with Crippen LogP contribution in [0.1, 0.15) is 79.6 Å². The summed E-state index contributed by atoms with van der Waals surface area (Å²) in [6, 6.07) is 0. The Balaban J connectivity index is 1.66. The van der Waals surface area contributed by atoms with E-state index in [1.165, 1.54) is 0 Å². The van der Waals surface area contributed by atoms with Gasteiger partial charge in [0.2, 0.25) is 0 Å². The smallest absolute Gasteiger partial charge is 0.178 e. The van der Waals surface area contributed by atoms with Crippen molar-refractivity contribution in [2.75, 3.05) is 0 Å². The molecule has 8 atom stereocenters. The van der Waals surface area contributed by atoms with Gasteiger partial charge in [0, 0.05) is 10.8 Å². The van der Waals surface area contributed by atoms with E-state index in [0.717, 1.165) is 44.1 Å². The summed E-state index contributed by atoms with van der Waals surface area (Å²) in [6.07, 6.45) is 9.89. The van der Waals surface area contributed by atoms with Gasteiger partial charge in [-0.1, -0.05) is 52.2 Å². The fourth-order valence-electron chi connectivity index (χ4n) is 7.28. The Kier molecular flexibility index (Phi) is 5.85. The maximum Gasteiger partial charge on any atom is 0.178 e. The standard InChI is InChI=1S/C26H38O5/c1-6-8-17-12-19(28)10-11-24(17,4)20-13-18-14-22-26(16(3)27,25(18,5)15-21(20)29)31-23(30-22)9-7-2/h10-12,18,20-23,29H,6-9,13-15H2,1-5H3/t18-,20-,21+,22-,23?,24+,25+,26-/m1/s1. The van der Waals surface area contributed by atoms with E-state index in [9.17, 15) is 14.7 Å². The number of hydrogen-bond acceptors (Lipinski definition) is 5. The average Bonchev–Trinajstić information content (AvgIpc) is 3.17. The molecule has 5 nitrogen and oxygen atoms in total. The first kappa shape index (κ1) is 22.9. The van der Waals surface area contributed by atoms with Gasteiger partial charge < -0.3 is 14.6 Å². The molecule has 1 N–H and O–H groups in total. The van der Waals surface area contributed by atoms with Crippen molar-refractivity contribution in [3.63, 3.8) is 0 Å². The third-order valence-corrected chi connectivity index (χ3v) is 8.91. The highest BCUT2D eigenvalue weighted by Crippen LogP contribution is 2.66. The van der Waals surface area contributed by atoms with Crippen LogP contribution in [0.4, 0.5) is 0 Å². The molecule has 0 radical (unpaired) electrons. The Morgan fingerprint density at radius 1 is 1.23 bits per heavy atom. The Bertz CT molecular complexity index is 815. The molecule has 0 aromatic rings. The number of allylic oxidation sites excluding steroid dienone is 4. The van der Waals surface area contributed by atoms with Crippen molar-refractivity contribution < 1.29 is 24.2 Å². The van der Waals surface area contributed by atoms with Crippen molar-refractivity contribution >= 4 is 11.6 Å². The molecule has 4 aliphatic rings. The largest absolute Gasteiger partial charge is 0.393 e. The van der Waals surface area contributed by atoms with Gasteiger partial charge in [-0.3, -0.25) is 9.59 Å². The summed E-state index contributed by atoms with van der Waals surface area (Å²) < 4.78 is 12.7. The number of rotatable bonds is 6. The Hall–Kier alpha value is -1.30. The maximum absolute atomic E-state index is 13.0. The van der Waals surface area contributed by atoms with Gasteiger partial charge in [0.15, 0.2) is 23.5 Å². The van der Waals surface area contributed by atoms with E-state index in [2.05, 4.69) is 27.7 Å². The van der Waals surface area contributed by atoms with Crippen LogP contribution in [-0.4, -0.2) is 40.8 Å². The van der Waals surface area contributed by atoms with Gasteiger partial charge in [-0.05, 0) is 63.0 Å². The van der Waals surface area contributed by atoms with Crippen molar-refractivity contribution in [1.82, 2.24) is 0 Å². The molecular weight excluding hydrogens is 392 g/mol. The van der Waals surface area contributed by atoms with Crippen LogP contribution in [0.15, 0.2) is 23.8 Å². The van der Waals surface area contributed by atoms with E-state index in [4.69, 9.17) is 9.47 Å². The Morgan fingerprint density at radius 2 is 1.97 bits per heavy atom. The normalized spacial score (nSPS) is 46.6. The number of ether oxygens (including phenoxy) is 2. The van der Waals surface area contributed by atoms with Gasteiger partial charge in [0.25, 0.3) is 0 Å². The monoisotopic (exact) mass is 430 g/mol. The molecule has 1 saturated heterocycles. The van der Waals surface area contributed by atoms with Crippen LogP contribution in [0.3, 0.4) is 0 Å². The highest BCUT2D eigenvalue weighted by atomic mass is 16.7. The molecule has 0 bridgehead atoms. The predicted octanol–water partition coefficient (Wildman–Crippen LogP) is 4.52. The zero-order valence-corrected chi connectivity index (χ0v) is 19.6. The van der Waals surface area contributed by atoms with Gasteiger partial charge in [-0.25, -0.2) is 0 Å². The van der Waals surface area contributed by atoms with Crippen molar-refractivity contribution in [2.45, 2.75) is 104 Å². The SMILES string of the molecule is CCCC1=CC(=O)C=C[C@]1(C)[C@@H]1C[C@@H]2C[C@H]3OC(CCC)O[C@@]3(C(C)=O)[C@@]2(C)C[C@@H]1O. The molecular formula is C26H38O5. The molecule has 0 aromatic heterocycles. The third-order valence-electron chi connectivity index (χ3n) is 8.91. The summed E-state index contributed by atoms with van der Waals surface area (Å²) in [4.78, 5) is 25.1. The molecule has 172 valence electrons. The number of aliphatic hydroxyl groups excluding tert-OH is 1. The molecule has 3 fully saturated rings. The van der Waals surface area contributed by atoms with Gasteiger partial charge in [0.05, 0.1) is 12.2 Å². The fraction of sp³-hybridized carbons (Fsp3) is 0.769. The van der Waals surface area contributed by atoms with Crippen LogP contribution in [0.5, 0.6) is 0 Å². The van der Waals surface area contributed by atoms with E-state index in [1.807, 2.05) is 6.08 Å². The maximum atomic E-state index is 13.0. The fourth-order valence-corrected chi connectivity index (χ4v) is 7.28. The summed E-state index contributed by atoms with van der Waals surface area (Å²) in [6.45, 7) is 10.1. The number of hydrogen-bond donors (Lipinski definition) is 1. The van der Waals surface area contributed by atoms with Crippen molar-refractivity contribution in [3.05, 3.63) is 23.8 Å². The van der Waals surface area contributed by atoms with Crippen LogP contribution in [0.25, 0.3) is 0 Å². The van der Waals surface area contributed by atoms with Crippen molar-refractivity contribution in [1.29, 1.82) is 0 Å². The number of carbonyl (C=O) groups is 2. The second kappa shape index (κ2) is 7.93. The van der Waals surface area contributed by atoms with Crippen molar-refractivity contribution in [2.24, 2.45) is 22.7 Å². The molecule has 5 heteroatoms. The van der Waals surface area contributed by atoms with Crippen LogP contribution in [0, 0.1) is 22.7 Å². The molecule has 0 spiro atoms. The second-order valence-electron chi connectivity index (χ2n) is 10.7. The minimum atomic E-state index is -0.967. The van der Waals surface area contributed by atoms with Crippen LogP contribution >= 0.6 is 0 Å². The summed E-state index contributed by atoms with van der Waals surface area (Å²) in [5, 5.41) is 11.5. The second-order valence-corrected chi connectivity index (χ2v) is 10.7. The topological polar surface area (TPSA) is 72.8 Å². The zero-order chi connectivity index (χ0) is 22.6. The van der Waals surface area contributed by atoms with Gasteiger partial charge in [-0.15, -0.1) is 0 Å². The molecule has 1 heterocycles. The molecule has 1 unspecified atom stereocenters. The quantitative estimate of drug-likeness (QED) is 0.670. The van der Waals surface area contributed by atoms with Gasteiger partial charge in [-0.2, -0.15) is 0 Å². The third kappa shape index (κ3) is 3.22. The van der Waals surface area contributed by atoms with Crippen molar-refractivity contribution in [3.8, 4) is 0 Å². The summed E-state index contributed by atoms with van der Waals surface area (Å²) in [7, 11) is 0. The van der Waals surface area contributed by atoms with E-state index in [1.54, 1.807) is 19.1 Å². The van der Waals surface area contributed by atoms with E-state index >= 15 is 0 Å². The van der Waals surface area contributed by atoms with E-state index in [-0.39, 0.29) is 41.2 Å². The van der Waals surface area contributed by atoms with E-state index < -0.39 is 17.1 Å². The predicted molar refractivity (Wildman–Crippen MR) is 118 cm³/mol. The first-order valence-electron chi connectivity index (χ1n) is 12.1. The van der Waals surface area contributed by atoms with Gasteiger partial charge in [0.1, 0.15) is 0 Å². The van der Waals surface area contributed by atoms with Crippen LogP contribution in [0.2, 0.25) is 0 Å². The first-order chi connectivity index (χ1) is 14.6. The molecule has 3 aliphatic carbocycles. The molecule has 4 rings (SSSR count). The number of carbonyl (C=O) groups excluding carboxylic acids is 2. The zero-order valence-electron chi connectivity index (χ0n) is 19.6. The summed E-state index contributed by atoms with van der Waals surface area (Å²) in [5.41, 5.74) is -0.658. The molecule has 0 aromatic carbocycles. The number of Topliss-reactive ketones (excluding diaryl/α,β-unsaturated/α-hetero) is 1. The lowest BCUT2D eigenvalue weighted by molar-refractivity contribution is -0.184. The molecule has 1 aliphatic heterocycles.